The molecule has 0 aromatic carbocycles. The Morgan fingerprint density at radius 1 is 1.06 bits per heavy atom. The second-order valence-corrected chi connectivity index (χ2v) is 4.45. The van der Waals surface area contributed by atoms with E-state index in [4.69, 9.17) is 4.74 Å². The fourth-order valence-electron chi connectivity index (χ4n) is 2.46. The number of aromatic nitrogens is 3. The summed E-state index contributed by atoms with van der Waals surface area (Å²) in [5.41, 5.74) is 4.84. The largest absolute Gasteiger partial charge is 0.467 e. The first-order valence-electron chi connectivity index (χ1n) is 6.21. The lowest BCUT2D eigenvalue weighted by atomic mass is 9.90. The van der Waals surface area contributed by atoms with E-state index < -0.39 is 0 Å². The first-order chi connectivity index (χ1) is 8.88. The van der Waals surface area contributed by atoms with E-state index in [2.05, 4.69) is 21.0 Å². The van der Waals surface area contributed by atoms with E-state index in [-0.39, 0.29) is 0 Å². The van der Waals surface area contributed by atoms with Crippen LogP contribution < -0.4 is 4.74 Å². The van der Waals surface area contributed by atoms with Gasteiger partial charge >= 0.3 is 6.01 Å². The lowest BCUT2D eigenvalue weighted by Gasteiger charge is -2.18. The Bertz CT molecular complexity index is 551. The van der Waals surface area contributed by atoms with Gasteiger partial charge in [0.2, 0.25) is 0 Å². The zero-order valence-electron chi connectivity index (χ0n) is 10.4. The molecule has 0 aliphatic heterocycles. The number of methoxy groups -OCH3 is 1. The van der Waals surface area contributed by atoms with Gasteiger partial charge in [0, 0.05) is 29.8 Å². The molecule has 4 nitrogen and oxygen atoms in total. The number of hydrogen-bond acceptors (Lipinski definition) is 4. The van der Waals surface area contributed by atoms with Crippen molar-refractivity contribution in [2.24, 2.45) is 0 Å². The monoisotopic (exact) mass is 241 g/mol. The third-order valence-electron chi connectivity index (χ3n) is 3.36. The van der Waals surface area contributed by atoms with E-state index in [9.17, 15) is 0 Å². The molecule has 0 fully saturated rings. The van der Waals surface area contributed by atoms with Crippen molar-refractivity contribution in [2.45, 2.75) is 25.7 Å². The lowest BCUT2D eigenvalue weighted by molar-refractivity contribution is 0.380. The van der Waals surface area contributed by atoms with Gasteiger partial charge < -0.3 is 4.74 Å². The molecule has 2 aromatic heterocycles. The Labute approximate surface area is 106 Å². The fourth-order valence-corrected chi connectivity index (χ4v) is 2.46. The fraction of sp³-hybridized carbons (Fsp3) is 0.357. The van der Waals surface area contributed by atoms with Crippen LogP contribution in [0.4, 0.5) is 0 Å². The van der Waals surface area contributed by atoms with Crippen LogP contribution in [0.25, 0.3) is 11.1 Å². The highest BCUT2D eigenvalue weighted by Crippen LogP contribution is 2.29. The quantitative estimate of drug-likeness (QED) is 0.810. The molecule has 0 bridgehead atoms. The maximum Gasteiger partial charge on any atom is 0.316 e. The molecule has 2 heterocycles. The Kier molecular flexibility index (Phi) is 2.92. The van der Waals surface area contributed by atoms with Gasteiger partial charge in [-0.05, 0) is 42.9 Å². The maximum absolute atomic E-state index is 4.98. The van der Waals surface area contributed by atoms with Gasteiger partial charge in [0.1, 0.15) is 0 Å². The summed E-state index contributed by atoms with van der Waals surface area (Å²) < 4.78 is 4.98. The second kappa shape index (κ2) is 4.72. The first kappa shape index (κ1) is 11.1. The molecule has 0 amide bonds. The van der Waals surface area contributed by atoms with Crippen molar-refractivity contribution in [1.29, 1.82) is 0 Å². The summed E-state index contributed by atoms with van der Waals surface area (Å²) in [6, 6.07) is 2.46. The lowest BCUT2D eigenvalue weighted by Crippen LogP contribution is -2.07. The molecule has 1 aliphatic rings. The second-order valence-electron chi connectivity index (χ2n) is 4.45. The molecule has 0 radical (unpaired) electrons. The minimum Gasteiger partial charge on any atom is -0.467 e. The predicted octanol–water partition coefficient (Wildman–Crippen LogP) is 2.43. The van der Waals surface area contributed by atoms with Crippen molar-refractivity contribution in [3.05, 3.63) is 35.9 Å². The molecule has 18 heavy (non-hydrogen) atoms. The third-order valence-corrected chi connectivity index (χ3v) is 3.36. The van der Waals surface area contributed by atoms with Crippen LogP contribution in [0, 0.1) is 0 Å². The summed E-state index contributed by atoms with van der Waals surface area (Å²) in [4.78, 5) is 12.8. The summed E-state index contributed by atoms with van der Waals surface area (Å²) in [6.07, 6.45) is 10.2. The van der Waals surface area contributed by atoms with Crippen molar-refractivity contribution < 1.29 is 4.74 Å². The summed E-state index contributed by atoms with van der Waals surface area (Å²) in [7, 11) is 1.57. The Hall–Kier alpha value is -1.97. The van der Waals surface area contributed by atoms with E-state index in [0.717, 1.165) is 18.4 Å². The molecule has 92 valence electrons. The van der Waals surface area contributed by atoms with E-state index in [1.807, 2.05) is 18.6 Å². The van der Waals surface area contributed by atoms with Crippen molar-refractivity contribution in [2.75, 3.05) is 7.11 Å². The third kappa shape index (κ3) is 1.94. The van der Waals surface area contributed by atoms with E-state index in [1.165, 1.54) is 29.7 Å². The number of aryl methyl sites for hydroxylation is 1. The van der Waals surface area contributed by atoms with Crippen molar-refractivity contribution in [3.8, 4) is 17.1 Å². The number of hydrogen-bond donors (Lipinski definition) is 0. The molecule has 3 rings (SSSR count). The van der Waals surface area contributed by atoms with Gasteiger partial charge in [0.25, 0.3) is 0 Å². The Balaban J connectivity index is 2.05. The van der Waals surface area contributed by atoms with Crippen LogP contribution in [0.5, 0.6) is 6.01 Å². The van der Waals surface area contributed by atoms with Gasteiger partial charge in [-0.15, -0.1) is 0 Å². The standard InChI is InChI=1S/C14H15N3O/c1-18-14-16-8-10(9-17-14)11-6-7-15-13-5-3-2-4-12(11)13/h6-9H,2-5H2,1H3. The molecule has 0 saturated carbocycles. The molecule has 1 aliphatic carbocycles. The average molecular weight is 241 g/mol. The van der Waals surface area contributed by atoms with Crippen LogP contribution in [-0.2, 0) is 12.8 Å². The van der Waals surface area contributed by atoms with Gasteiger partial charge in [-0.3, -0.25) is 4.98 Å². The molecular formula is C14H15N3O. The van der Waals surface area contributed by atoms with Crippen LogP contribution in [0.3, 0.4) is 0 Å². The van der Waals surface area contributed by atoms with Gasteiger partial charge in [0.05, 0.1) is 7.11 Å². The average Bonchev–Trinajstić information content (AvgIpc) is 2.47. The molecule has 0 N–H and O–H groups in total. The summed E-state index contributed by atoms with van der Waals surface area (Å²) >= 11 is 0. The predicted molar refractivity (Wildman–Crippen MR) is 68.5 cm³/mol. The molecule has 4 heteroatoms. The van der Waals surface area contributed by atoms with Crippen molar-refractivity contribution in [3.63, 3.8) is 0 Å². The van der Waals surface area contributed by atoms with E-state index in [0.29, 0.717) is 6.01 Å². The molecule has 0 atom stereocenters. The van der Waals surface area contributed by atoms with E-state index >= 15 is 0 Å². The van der Waals surface area contributed by atoms with Gasteiger partial charge in [-0.2, -0.15) is 0 Å². The maximum atomic E-state index is 4.98. The Morgan fingerprint density at radius 2 is 1.83 bits per heavy atom. The molecule has 0 unspecified atom stereocenters. The van der Waals surface area contributed by atoms with Crippen LogP contribution >= 0.6 is 0 Å². The SMILES string of the molecule is COc1ncc(-c2ccnc3c2CCCC3)cn1. The van der Waals surface area contributed by atoms with E-state index in [1.54, 1.807) is 7.11 Å². The van der Waals surface area contributed by atoms with Gasteiger partial charge in [-0.25, -0.2) is 9.97 Å². The minimum atomic E-state index is 0.404. The minimum absolute atomic E-state index is 0.404. The smallest absolute Gasteiger partial charge is 0.316 e. The van der Waals surface area contributed by atoms with Crippen molar-refractivity contribution >= 4 is 0 Å². The highest BCUT2D eigenvalue weighted by molar-refractivity contribution is 5.66. The van der Waals surface area contributed by atoms with Crippen LogP contribution in [-0.4, -0.2) is 22.1 Å². The number of pyridine rings is 1. The molecule has 0 saturated heterocycles. The molecule has 0 spiro atoms. The van der Waals surface area contributed by atoms with Crippen LogP contribution in [0.2, 0.25) is 0 Å². The first-order valence-corrected chi connectivity index (χ1v) is 6.21. The normalized spacial score (nSPS) is 14.1. The van der Waals surface area contributed by atoms with Crippen molar-refractivity contribution in [1.82, 2.24) is 15.0 Å². The van der Waals surface area contributed by atoms with Crippen LogP contribution in [0.1, 0.15) is 24.1 Å². The molecule has 2 aromatic rings. The zero-order chi connectivity index (χ0) is 12.4. The van der Waals surface area contributed by atoms with Gasteiger partial charge in [0.15, 0.2) is 0 Å². The summed E-state index contributed by atoms with van der Waals surface area (Å²) in [5.74, 6) is 0. The zero-order valence-corrected chi connectivity index (χ0v) is 10.4. The summed E-state index contributed by atoms with van der Waals surface area (Å²) in [6.45, 7) is 0. The topological polar surface area (TPSA) is 47.9 Å². The van der Waals surface area contributed by atoms with Crippen LogP contribution in [0.15, 0.2) is 24.7 Å². The summed E-state index contributed by atoms with van der Waals surface area (Å²) in [5, 5.41) is 0. The Morgan fingerprint density at radius 3 is 2.61 bits per heavy atom. The highest BCUT2D eigenvalue weighted by atomic mass is 16.5. The number of rotatable bonds is 2. The highest BCUT2D eigenvalue weighted by Gasteiger charge is 2.15. The number of fused-ring (bicyclic) bond motifs is 1. The number of nitrogens with zero attached hydrogens (tertiary/aromatic N) is 3. The molecular weight excluding hydrogens is 226 g/mol. The van der Waals surface area contributed by atoms with Gasteiger partial charge in [-0.1, -0.05) is 0 Å². The number of ether oxygens (including phenoxy) is 1.